The maximum absolute atomic E-state index is 12.7. The van der Waals surface area contributed by atoms with Crippen LogP contribution in [0, 0.1) is 6.92 Å². The highest BCUT2D eigenvalue weighted by Gasteiger charge is 2.31. The maximum Gasteiger partial charge on any atom is 0.251 e. The van der Waals surface area contributed by atoms with Gasteiger partial charge in [-0.2, -0.15) is 4.31 Å². The molecule has 0 spiro atoms. The largest absolute Gasteiger partial charge is 0.341 e. The monoisotopic (exact) mass is 415 g/mol. The van der Waals surface area contributed by atoms with Gasteiger partial charge in [-0.25, -0.2) is 8.42 Å². The molecule has 2 amide bonds. The molecular weight excluding hydrogens is 390 g/mol. The van der Waals surface area contributed by atoms with Crippen molar-refractivity contribution >= 4 is 21.8 Å². The van der Waals surface area contributed by atoms with Gasteiger partial charge < -0.3 is 10.2 Å². The Hall–Kier alpha value is -2.71. The van der Waals surface area contributed by atoms with E-state index in [2.05, 4.69) is 5.32 Å². The minimum absolute atomic E-state index is 0.220. The lowest BCUT2D eigenvalue weighted by atomic mass is 10.1. The van der Waals surface area contributed by atoms with E-state index in [-0.39, 0.29) is 42.9 Å². The molecule has 1 heterocycles. The first-order chi connectivity index (χ1) is 13.8. The Morgan fingerprint density at radius 3 is 2.24 bits per heavy atom. The van der Waals surface area contributed by atoms with Crippen molar-refractivity contribution in [3.8, 4) is 0 Å². The molecule has 154 valence electrons. The van der Waals surface area contributed by atoms with E-state index >= 15 is 0 Å². The zero-order valence-electron chi connectivity index (χ0n) is 16.5. The van der Waals surface area contributed by atoms with E-state index in [1.54, 1.807) is 60.4 Å². The van der Waals surface area contributed by atoms with E-state index in [9.17, 15) is 18.0 Å². The fraction of sp³-hybridized carbons (Fsp3) is 0.333. The summed E-state index contributed by atoms with van der Waals surface area (Å²) in [6, 6.07) is 14.7. The van der Waals surface area contributed by atoms with Gasteiger partial charge in [0.15, 0.2) is 0 Å². The fourth-order valence-electron chi connectivity index (χ4n) is 3.29. The smallest absolute Gasteiger partial charge is 0.251 e. The highest BCUT2D eigenvalue weighted by atomic mass is 32.2. The van der Waals surface area contributed by atoms with Crippen molar-refractivity contribution in [3.05, 3.63) is 65.7 Å². The molecule has 0 unspecified atom stereocenters. The molecule has 2 aromatic rings. The van der Waals surface area contributed by atoms with E-state index in [1.165, 1.54) is 4.31 Å². The summed E-state index contributed by atoms with van der Waals surface area (Å²) in [5.41, 5.74) is 1.47. The third-order valence-electron chi connectivity index (χ3n) is 4.93. The number of nitrogens with zero attached hydrogens (tertiary/aromatic N) is 2. The van der Waals surface area contributed by atoms with Crippen LogP contribution in [0.4, 0.5) is 0 Å². The van der Waals surface area contributed by atoms with Crippen LogP contribution in [0.5, 0.6) is 0 Å². The second-order valence-electron chi connectivity index (χ2n) is 7.11. The van der Waals surface area contributed by atoms with Crippen molar-refractivity contribution in [1.82, 2.24) is 14.5 Å². The van der Waals surface area contributed by atoms with Crippen LogP contribution in [0.1, 0.15) is 22.8 Å². The van der Waals surface area contributed by atoms with Crippen molar-refractivity contribution in [2.45, 2.75) is 24.8 Å². The standard InChI is InChI=1S/C21H25N3O4S/c1-16-7-6-8-18(15-16)20(25)22-17(2)21(26)23-11-13-24(14-12-23)29(27,28)19-9-4-3-5-10-19/h3-10,15,17H,11-14H2,1-2H3,(H,22,25)/t17-/m0/s1. The minimum Gasteiger partial charge on any atom is -0.341 e. The second-order valence-corrected chi connectivity index (χ2v) is 9.04. The molecule has 8 heteroatoms. The average molecular weight is 416 g/mol. The number of hydrogen-bond donors (Lipinski definition) is 1. The lowest BCUT2D eigenvalue weighted by Gasteiger charge is -2.35. The molecule has 1 aliphatic heterocycles. The maximum atomic E-state index is 12.7. The number of rotatable bonds is 5. The van der Waals surface area contributed by atoms with Gasteiger partial charge in [0, 0.05) is 31.7 Å². The molecule has 1 saturated heterocycles. The summed E-state index contributed by atoms with van der Waals surface area (Å²) in [6.45, 7) is 4.56. The van der Waals surface area contributed by atoms with Gasteiger partial charge in [-0.05, 0) is 38.1 Å². The molecule has 0 aliphatic carbocycles. The molecule has 0 saturated carbocycles. The SMILES string of the molecule is Cc1cccc(C(=O)N[C@@H](C)C(=O)N2CCN(S(=O)(=O)c3ccccc3)CC2)c1. The Balaban J connectivity index is 1.57. The van der Waals surface area contributed by atoms with Crippen molar-refractivity contribution in [1.29, 1.82) is 0 Å². The number of sulfonamides is 1. The zero-order valence-corrected chi connectivity index (χ0v) is 17.4. The van der Waals surface area contributed by atoms with Crippen molar-refractivity contribution in [2.24, 2.45) is 0 Å². The van der Waals surface area contributed by atoms with Crippen LogP contribution in [-0.4, -0.2) is 61.7 Å². The molecule has 7 nitrogen and oxygen atoms in total. The van der Waals surface area contributed by atoms with Crippen LogP contribution >= 0.6 is 0 Å². The van der Waals surface area contributed by atoms with Gasteiger partial charge in [-0.15, -0.1) is 0 Å². The molecule has 29 heavy (non-hydrogen) atoms. The normalized spacial score (nSPS) is 16.3. The predicted molar refractivity (Wildman–Crippen MR) is 110 cm³/mol. The van der Waals surface area contributed by atoms with Crippen molar-refractivity contribution in [3.63, 3.8) is 0 Å². The van der Waals surface area contributed by atoms with Gasteiger partial charge in [-0.3, -0.25) is 9.59 Å². The molecule has 0 aromatic heterocycles. The Kier molecular flexibility index (Phi) is 6.34. The Bertz CT molecular complexity index is 984. The molecular formula is C21H25N3O4S. The first-order valence-electron chi connectivity index (χ1n) is 9.50. The molecule has 3 rings (SSSR count). The summed E-state index contributed by atoms with van der Waals surface area (Å²) < 4.78 is 26.8. The second kappa shape index (κ2) is 8.75. The van der Waals surface area contributed by atoms with E-state index in [0.717, 1.165) is 5.56 Å². The van der Waals surface area contributed by atoms with Crippen LogP contribution in [0.3, 0.4) is 0 Å². The first kappa shape index (κ1) is 21.0. The topological polar surface area (TPSA) is 86.8 Å². The summed E-state index contributed by atoms with van der Waals surface area (Å²) in [6.07, 6.45) is 0. The molecule has 0 radical (unpaired) electrons. The Morgan fingerprint density at radius 2 is 1.62 bits per heavy atom. The van der Waals surface area contributed by atoms with Gasteiger partial charge in [0.05, 0.1) is 4.90 Å². The molecule has 2 aromatic carbocycles. The highest BCUT2D eigenvalue weighted by molar-refractivity contribution is 7.89. The van der Waals surface area contributed by atoms with E-state index in [4.69, 9.17) is 0 Å². The molecule has 1 atom stereocenters. The summed E-state index contributed by atoms with van der Waals surface area (Å²) in [7, 11) is -3.56. The van der Waals surface area contributed by atoms with Crippen LogP contribution < -0.4 is 5.32 Å². The number of piperazine rings is 1. The van der Waals surface area contributed by atoms with Gasteiger partial charge in [0.2, 0.25) is 15.9 Å². The molecule has 1 fully saturated rings. The van der Waals surface area contributed by atoms with Gasteiger partial charge in [-0.1, -0.05) is 35.9 Å². The third kappa shape index (κ3) is 4.83. The van der Waals surface area contributed by atoms with Gasteiger partial charge in [0.1, 0.15) is 6.04 Å². The quantitative estimate of drug-likeness (QED) is 0.804. The fourth-order valence-corrected chi connectivity index (χ4v) is 4.74. The number of aryl methyl sites for hydroxylation is 1. The lowest BCUT2D eigenvalue weighted by Crippen LogP contribution is -2.55. The first-order valence-corrected chi connectivity index (χ1v) is 10.9. The predicted octanol–water partition coefficient (Wildman–Crippen LogP) is 1.65. The zero-order chi connectivity index (χ0) is 21.0. The van der Waals surface area contributed by atoms with Crippen LogP contribution in [0.15, 0.2) is 59.5 Å². The highest BCUT2D eigenvalue weighted by Crippen LogP contribution is 2.17. The van der Waals surface area contributed by atoms with Crippen LogP contribution in [-0.2, 0) is 14.8 Å². The number of carbonyl (C=O) groups excluding carboxylic acids is 2. The van der Waals surface area contributed by atoms with Crippen LogP contribution in [0.2, 0.25) is 0 Å². The average Bonchev–Trinajstić information content (AvgIpc) is 2.74. The number of hydrogen-bond acceptors (Lipinski definition) is 4. The van der Waals surface area contributed by atoms with Gasteiger partial charge in [0.25, 0.3) is 5.91 Å². The van der Waals surface area contributed by atoms with E-state index in [1.807, 2.05) is 13.0 Å². The van der Waals surface area contributed by atoms with Crippen molar-refractivity contribution < 1.29 is 18.0 Å². The molecule has 0 bridgehead atoms. The number of carbonyl (C=O) groups is 2. The Morgan fingerprint density at radius 1 is 0.966 bits per heavy atom. The number of benzene rings is 2. The third-order valence-corrected chi connectivity index (χ3v) is 6.84. The lowest BCUT2D eigenvalue weighted by molar-refractivity contribution is -0.134. The van der Waals surface area contributed by atoms with E-state index in [0.29, 0.717) is 5.56 Å². The number of nitrogens with one attached hydrogen (secondary N) is 1. The van der Waals surface area contributed by atoms with Crippen LogP contribution in [0.25, 0.3) is 0 Å². The summed E-state index contributed by atoms with van der Waals surface area (Å²) >= 11 is 0. The van der Waals surface area contributed by atoms with Gasteiger partial charge >= 0.3 is 0 Å². The summed E-state index contributed by atoms with van der Waals surface area (Å²) in [5, 5.41) is 2.73. The number of amides is 2. The molecule has 1 aliphatic rings. The summed E-state index contributed by atoms with van der Waals surface area (Å²) in [5.74, 6) is -0.525. The minimum atomic E-state index is -3.56. The van der Waals surface area contributed by atoms with E-state index < -0.39 is 16.1 Å². The Labute approximate surface area is 171 Å². The molecule has 1 N–H and O–H groups in total. The van der Waals surface area contributed by atoms with Crippen molar-refractivity contribution in [2.75, 3.05) is 26.2 Å². The summed E-state index contributed by atoms with van der Waals surface area (Å²) in [4.78, 5) is 26.9.